The first-order valence-corrected chi connectivity index (χ1v) is 15.0. The lowest BCUT2D eigenvalue weighted by Crippen LogP contribution is -2.54. The molecule has 3 N–H and O–H groups in total. The normalized spacial score (nSPS) is 17.5. The van der Waals surface area contributed by atoms with Gasteiger partial charge in [0.1, 0.15) is 11.5 Å². The standard InChI is InChI=1S/C34H42N6O5/c1-33(2,3)17-18-36-39-32(42)34(22-26-9-5-6-10-27(26)23-37-40-35)30(25-11-7-12-29(21-25)43-4)45-31(38-34)24-13-15-28(16-14-24)44-20-8-19-41/h5-7,9-16,21,30,36,41H,8,17-20,22-23H2,1-4H3,(H,39,42)/t30-,34-/m0/s1. The van der Waals surface area contributed by atoms with Crippen LogP contribution in [-0.4, -0.2) is 49.3 Å². The number of methoxy groups -OCH3 is 1. The molecule has 0 aliphatic carbocycles. The van der Waals surface area contributed by atoms with Crippen LogP contribution in [0.1, 0.15) is 62.0 Å². The molecule has 0 unspecified atom stereocenters. The quantitative estimate of drug-likeness (QED) is 0.0645. The number of nitrogens with one attached hydrogen (secondary N) is 2. The number of hydrazine groups is 1. The van der Waals surface area contributed by atoms with Crippen LogP contribution in [-0.2, 0) is 22.5 Å². The minimum absolute atomic E-state index is 0.0512. The summed E-state index contributed by atoms with van der Waals surface area (Å²) >= 11 is 0. The maximum Gasteiger partial charge on any atom is 0.266 e. The third-order valence-corrected chi connectivity index (χ3v) is 7.51. The molecule has 0 bridgehead atoms. The summed E-state index contributed by atoms with van der Waals surface area (Å²) in [6.45, 7) is 7.57. The van der Waals surface area contributed by atoms with Gasteiger partial charge >= 0.3 is 0 Å². The smallest absolute Gasteiger partial charge is 0.266 e. The third-order valence-electron chi connectivity index (χ3n) is 7.51. The van der Waals surface area contributed by atoms with Crippen molar-refractivity contribution in [2.24, 2.45) is 15.5 Å². The average Bonchev–Trinajstić information content (AvgIpc) is 3.43. The number of ether oxygens (including phenoxy) is 3. The number of aliphatic hydroxyl groups excluding tert-OH is 1. The van der Waals surface area contributed by atoms with Gasteiger partial charge in [0, 0.05) is 36.5 Å². The molecule has 1 aliphatic rings. The van der Waals surface area contributed by atoms with Crippen LogP contribution in [0.25, 0.3) is 10.4 Å². The van der Waals surface area contributed by atoms with Crippen molar-refractivity contribution in [2.75, 3.05) is 26.9 Å². The number of aliphatic hydroxyl groups is 1. The summed E-state index contributed by atoms with van der Waals surface area (Å²) in [7, 11) is 1.59. The van der Waals surface area contributed by atoms with E-state index in [2.05, 4.69) is 41.6 Å². The Morgan fingerprint density at radius 2 is 1.84 bits per heavy atom. The van der Waals surface area contributed by atoms with Gasteiger partial charge < -0.3 is 19.3 Å². The van der Waals surface area contributed by atoms with Gasteiger partial charge in [-0.25, -0.2) is 10.4 Å². The van der Waals surface area contributed by atoms with Gasteiger partial charge in [-0.3, -0.25) is 10.2 Å². The Bertz CT molecular complexity index is 1510. The van der Waals surface area contributed by atoms with Crippen LogP contribution in [0.5, 0.6) is 11.5 Å². The van der Waals surface area contributed by atoms with E-state index in [1.807, 2.05) is 72.8 Å². The summed E-state index contributed by atoms with van der Waals surface area (Å²) in [5.74, 6) is 1.22. The number of benzene rings is 3. The summed E-state index contributed by atoms with van der Waals surface area (Å²) in [4.78, 5) is 22.4. The molecule has 1 aliphatic heterocycles. The van der Waals surface area contributed by atoms with Crippen molar-refractivity contribution in [1.82, 2.24) is 10.9 Å². The first-order chi connectivity index (χ1) is 21.7. The number of carbonyl (C=O) groups excluding carboxylic acids is 1. The fraction of sp³-hybridized carbons (Fsp3) is 0.412. The number of rotatable bonds is 15. The highest BCUT2D eigenvalue weighted by molar-refractivity contribution is 6.01. The van der Waals surface area contributed by atoms with E-state index in [1.165, 1.54) is 0 Å². The van der Waals surface area contributed by atoms with Crippen molar-refractivity contribution in [2.45, 2.75) is 58.2 Å². The zero-order chi connectivity index (χ0) is 32.3. The monoisotopic (exact) mass is 614 g/mol. The summed E-state index contributed by atoms with van der Waals surface area (Å²) in [5.41, 5.74) is 16.7. The molecule has 3 aromatic rings. The van der Waals surface area contributed by atoms with Crippen molar-refractivity contribution in [3.63, 3.8) is 0 Å². The summed E-state index contributed by atoms with van der Waals surface area (Å²) in [5, 5.41) is 12.9. The van der Waals surface area contributed by atoms with Crippen molar-refractivity contribution in [1.29, 1.82) is 0 Å². The Morgan fingerprint density at radius 3 is 2.53 bits per heavy atom. The van der Waals surface area contributed by atoms with Gasteiger partial charge in [0.2, 0.25) is 5.90 Å². The van der Waals surface area contributed by atoms with Gasteiger partial charge in [-0.05, 0) is 70.5 Å². The maximum atomic E-state index is 14.4. The van der Waals surface area contributed by atoms with Crippen molar-refractivity contribution >= 4 is 11.8 Å². The first kappa shape index (κ1) is 33.3. The Hall–Kier alpha value is -4.57. The molecular weight excluding hydrogens is 572 g/mol. The molecule has 0 spiro atoms. The molecule has 2 atom stereocenters. The van der Waals surface area contributed by atoms with Crippen LogP contribution in [0.2, 0.25) is 0 Å². The second kappa shape index (κ2) is 15.4. The predicted molar refractivity (Wildman–Crippen MR) is 173 cm³/mol. The minimum atomic E-state index is -1.45. The molecule has 45 heavy (non-hydrogen) atoms. The van der Waals surface area contributed by atoms with Gasteiger partial charge in [0.15, 0.2) is 11.6 Å². The first-order valence-electron chi connectivity index (χ1n) is 15.0. The number of aliphatic imine (C=N–C) groups is 1. The summed E-state index contributed by atoms with van der Waals surface area (Å²) in [6, 6.07) is 22.3. The largest absolute Gasteiger partial charge is 0.497 e. The van der Waals surface area contributed by atoms with E-state index < -0.39 is 11.6 Å². The number of azide groups is 1. The molecule has 11 nitrogen and oxygen atoms in total. The Morgan fingerprint density at radius 1 is 1.09 bits per heavy atom. The summed E-state index contributed by atoms with van der Waals surface area (Å²) in [6.07, 6.45) is 0.722. The third kappa shape index (κ3) is 8.76. The molecule has 238 valence electrons. The van der Waals surface area contributed by atoms with Crippen molar-refractivity contribution < 1.29 is 24.1 Å². The molecule has 1 amide bonds. The number of amides is 1. The van der Waals surface area contributed by atoms with Crippen molar-refractivity contribution in [3.05, 3.63) is 105 Å². The molecule has 0 saturated heterocycles. The number of carbonyl (C=O) groups is 1. The van der Waals surface area contributed by atoms with E-state index in [-0.39, 0.29) is 30.9 Å². The van der Waals surface area contributed by atoms with Gasteiger partial charge in [-0.1, -0.05) is 62.3 Å². The van der Waals surface area contributed by atoms with E-state index in [4.69, 9.17) is 29.8 Å². The molecule has 1 heterocycles. The predicted octanol–water partition coefficient (Wildman–Crippen LogP) is 5.82. The molecule has 3 aromatic carbocycles. The van der Waals surface area contributed by atoms with Crippen LogP contribution in [0.4, 0.5) is 0 Å². The molecular formula is C34H42N6O5. The van der Waals surface area contributed by atoms with E-state index in [0.29, 0.717) is 42.5 Å². The fourth-order valence-corrected chi connectivity index (χ4v) is 5.06. The average molecular weight is 615 g/mol. The van der Waals surface area contributed by atoms with E-state index in [1.54, 1.807) is 7.11 Å². The zero-order valence-electron chi connectivity index (χ0n) is 26.3. The summed E-state index contributed by atoms with van der Waals surface area (Å²) < 4.78 is 17.8. The van der Waals surface area contributed by atoms with Crippen LogP contribution < -0.4 is 20.3 Å². The number of hydrogen-bond donors (Lipinski definition) is 3. The highest BCUT2D eigenvalue weighted by Crippen LogP contribution is 2.43. The van der Waals surface area contributed by atoms with E-state index in [0.717, 1.165) is 23.1 Å². The molecule has 0 aromatic heterocycles. The highest BCUT2D eigenvalue weighted by atomic mass is 16.5. The van der Waals surface area contributed by atoms with Crippen molar-refractivity contribution in [3.8, 4) is 11.5 Å². The van der Waals surface area contributed by atoms with Crippen LogP contribution in [0, 0.1) is 5.41 Å². The maximum absolute atomic E-state index is 14.4. The van der Waals surface area contributed by atoms with Gasteiger partial charge in [0.05, 0.1) is 20.3 Å². The second-order valence-electron chi connectivity index (χ2n) is 12.1. The SMILES string of the molecule is COc1cccc([C@@H]2OC(c3ccc(OCCCO)cc3)=N[C@]2(Cc2ccccc2CN=[N+]=[N-])C(=O)NNCCC(C)(C)C)c1. The molecule has 0 radical (unpaired) electrons. The lowest BCUT2D eigenvalue weighted by atomic mass is 9.81. The molecule has 0 fully saturated rings. The Labute approximate surface area is 264 Å². The lowest BCUT2D eigenvalue weighted by Gasteiger charge is -2.31. The van der Waals surface area contributed by atoms with Crippen LogP contribution >= 0.6 is 0 Å². The number of nitrogens with zero attached hydrogens (tertiary/aromatic N) is 4. The van der Waals surface area contributed by atoms with E-state index in [9.17, 15) is 4.79 Å². The van der Waals surface area contributed by atoms with Crippen LogP contribution in [0.3, 0.4) is 0 Å². The Kier molecular flexibility index (Phi) is 11.4. The van der Waals surface area contributed by atoms with Gasteiger partial charge in [-0.15, -0.1) is 0 Å². The Balaban J connectivity index is 1.80. The lowest BCUT2D eigenvalue weighted by molar-refractivity contribution is -0.130. The molecule has 0 saturated carbocycles. The fourth-order valence-electron chi connectivity index (χ4n) is 5.06. The molecule has 11 heteroatoms. The number of hydrogen-bond acceptors (Lipinski definition) is 8. The zero-order valence-corrected chi connectivity index (χ0v) is 26.3. The van der Waals surface area contributed by atoms with Gasteiger partial charge in [-0.2, -0.15) is 0 Å². The van der Waals surface area contributed by atoms with Crippen LogP contribution in [0.15, 0.2) is 82.9 Å². The topological polar surface area (TPSA) is 150 Å². The second-order valence-corrected chi connectivity index (χ2v) is 12.1. The van der Waals surface area contributed by atoms with E-state index >= 15 is 0 Å². The highest BCUT2D eigenvalue weighted by Gasteiger charge is 2.53. The minimum Gasteiger partial charge on any atom is -0.497 e. The molecule has 4 rings (SSSR count). The van der Waals surface area contributed by atoms with Gasteiger partial charge in [0.25, 0.3) is 5.91 Å².